The molecule has 8 unspecified atom stereocenters. The minimum Gasteiger partial charge on any atom is -0.465 e. The number of rotatable bonds is 1. The van der Waals surface area contributed by atoms with E-state index in [0.717, 1.165) is 48.3 Å². The number of carboxylic acid groups (broad SMARTS) is 1. The molecule has 5 aliphatic carbocycles. The molecule has 8 atom stereocenters. The SMILES string of the molecule is O=C(O)NC12CCCCC1C1CCC3C4C=CCCC4CCC3C1CC2. The van der Waals surface area contributed by atoms with Gasteiger partial charge in [-0.05, 0) is 106 Å². The van der Waals surface area contributed by atoms with Crippen molar-refractivity contribution in [2.45, 2.75) is 82.6 Å². The van der Waals surface area contributed by atoms with E-state index in [0.29, 0.717) is 5.92 Å². The Bertz CT molecular complexity index is 587. The molecule has 0 heterocycles. The molecule has 0 aromatic carbocycles. The maximum absolute atomic E-state index is 11.5. The van der Waals surface area contributed by atoms with Crippen molar-refractivity contribution < 1.29 is 9.90 Å². The van der Waals surface area contributed by atoms with Crippen LogP contribution in [0, 0.1) is 41.4 Å². The van der Waals surface area contributed by atoms with Crippen LogP contribution >= 0.6 is 0 Å². The summed E-state index contributed by atoms with van der Waals surface area (Å²) in [7, 11) is 0. The van der Waals surface area contributed by atoms with Crippen LogP contribution in [0.25, 0.3) is 0 Å². The molecule has 3 heteroatoms. The van der Waals surface area contributed by atoms with Gasteiger partial charge in [-0.15, -0.1) is 0 Å². The zero-order valence-electron chi connectivity index (χ0n) is 16.0. The van der Waals surface area contributed by atoms with Crippen molar-refractivity contribution in [2.75, 3.05) is 0 Å². The second-order valence-electron chi connectivity index (χ2n) is 10.1. The van der Waals surface area contributed by atoms with Crippen molar-refractivity contribution in [3.8, 4) is 0 Å². The Morgan fingerprint density at radius 2 is 1.69 bits per heavy atom. The van der Waals surface area contributed by atoms with Gasteiger partial charge in [0.05, 0.1) is 0 Å². The largest absolute Gasteiger partial charge is 0.465 e. The Hall–Kier alpha value is -0.990. The lowest BCUT2D eigenvalue weighted by Gasteiger charge is -2.60. The number of hydrogen-bond acceptors (Lipinski definition) is 1. The minimum absolute atomic E-state index is 0.0972. The number of fused-ring (bicyclic) bond motifs is 7. The van der Waals surface area contributed by atoms with E-state index in [1.54, 1.807) is 0 Å². The zero-order valence-corrected chi connectivity index (χ0v) is 16.0. The van der Waals surface area contributed by atoms with Gasteiger partial charge in [0.2, 0.25) is 0 Å². The summed E-state index contributed by atoms with van der Waals surface area (Å²) in [4.78, 5) is 11.5. The molecule has 0 bridgehead atoms. The molecule has 5 rings (SSSR count). The Kier molecular flexibility index (Phi) is 4.32. The number of carbonyl (C=O) groups is 1. The molecule has 144 valence electrons. The van der Waals surface area contributed by atoms with Crippen molar-refractivity contribution in [1.82, 2.24) is 5.32 Å². The fourth-order valence-electron chi connectivity index (χ4n) is 8.49. The molecule has 4 saturated carbocycles. The summed E-state index contributed by atoms with van der Waals surface area (Å²) >= 11 is 0. The van der Waals surface area contributed by atoms with Gasteiger partial charge in [0.15, 0.2) is 0 Å². The second-order valence-corrected chi connectivity index (χ2v) is 10.1. The lowest BCUT2D eigenvalue weighted by Crippen LogP contribution is -2.62. The molecule has 0 aromatic heterocycles. The highest BCUT2D eigenvalue weighted by Crippen LogP contribution is 2.60. The van der Waals surface area contributed by atoms with Gasteiger partial charge < -0.3 is 10.4 Å². The van der Waals surface area contributed by atoms with Crippen LogP contribution in [-0.4, -0.2) is 16.7 Å². The molecule has 2 N–H and O–H groups in total. The molecular weight excluding hydrogens is 322 g/mol. The van der Waals surface area contributed by atoms with Crippen LogP contribution in [-0.2, 0) is 0 Å². The van der Waals surface area contributed by atoms with E-state index in [-0.39, 0.29) is 5.54 Å². The summed E-state index contributed by atoms with van der Waals surface area (Å²) in [6.45, 7) is 0. The van der Waals surface area contributed by atoms with Crippen LogP contribution in [0.1, 0.15) is 77.0 Å². The highest BCUT2D eigenvalue weighted by atomic mass is 16.4. The lowest BCUT2D eigenvalue weighted by molar-refractivity contribution is -0.0798. The summed E-state index contributed by atoms with van der Waals surface area (Å²) < 4.78 is 0. The van der Waals surface area contributed by atoms with Crippen LogP contribution < -0.4 is 5.32 Å². The minimum atomic E-state index is -0.795. The molecule has 5 aliphatic rings. The predicted octanol–water partition coefficient (Wildman–Crippen LogP) is 5.61. The molecule has 0 radical (unpaired) electrons. The third-order valence-electron chi connectivity index (χ3n) is 9.35. The Labute approximate surface area is 158 Å². The van der Waals surface area contributed by atoms with E-state index >= 15 is 0 Å². The fraction of sp³-hybridized carbons (Fsp3) is 0.870. The monoisotopic (exact) mass is 357 g/mol. The molecule has 1 amide bonds. The number of amides is 1. The Balaban J connectivity index is 1.40. The standard InChI is InChI=1S/C23H35NO2/c25-22(26)24-23-13-4-3-7-21(23)20-11-10-17-16-6-2-1-5-15(16)8-9-18(17)19(20)12-14-23/h2,6,15-21,24H,1,3-5,7-14H2,(H,25,26). The van der Waals surface area contributed by atoms with E-state index in [9.17, 15) is 9.90 Å². The molecule has 3 nitrogen and oxygen atoms in total. The van der Waals surface area contributed by atoms with Gasteiger partial charge in [-0.2, -0.15) is 0 Å². The molecular formula is C23H35NO2. The van der Waals surface area contributed by atoms with Crippen molar-refractivity contribution >= 4 is 6.09 Å². The first-order valence-electron chi connectivity index (χ1n) is 11.4. The van der Waals surface area contributed by atoms with Crippen LogP contribution in [0.3, 0.4) is 0 Å². The van der Waals surface area contributed by atoms with Gasteiger partial charge in [0, 0.05) is 5.54 Å². The molecule has 4 fully saturated rings. The van der Waals surface area contributed by atoms with Crippen molar-refractivity contribution in [3.63, 3.8) is 0 Å². The van der Waals surface area contributed by atoms with Gasteiger partial charge >= 0.3 is 6.09 Å². The fourth-order valence-corrected chi connectivity index (χ4v) is 8.49. The third-order valence-corrected chi connectivity index (χ3v) is 9.35. The normalized spacial score (nSPS) is 49.9. The zero-order chi connectivity index (χ0) is 17.7. The third kappa shape index (κ3) is 2.64. The van der Waals surface area contributed by atoms with Gasteiger partial charge in [0.25, 0.3) is 0 Å². The average Bonchev–Trinajstić information content (AvgIpc) is 2.66. The van der Waals surface area contributed by atoms with Gasteiger partial charge in [0.1, 0.15) is 0 Å². The average molecular weight is 358 g/mol. The van der Waals surface area contributed by atoms with Crippen molar-refractivity contribution in [3.05, 3.63) is 12.2 Å². The highest BCUT2D eigenvalue weighted by molar-refractivity contribution is 5.65. The van der Waals surface area contributed by atoms with Crippen molar-refractivity contribution in [2.24, 2.45) is 41.4 Å². The molecule has 0 aromatic rings. The number of nitrogens with one attached hydrogen (secondary N) is 1. The highest BCUT2D eigenvalue weighted by Gasteiger charge is 2.56. The van der Waals surface area contributed by atoms with Crippen LogP contribution in [0.2, 0.25) is 0 Å². The predicted molar refractivity (Wildman–Crippen MR) is 103 cm³/mol. The van der Waals surface area contributed by atoms with Crippen LogP contribution in [0.5, 0.6) is 0 Å². The second kappa shape index (κ2) is 6.56. The quantitative estimate of drug-likeness (QED) is 0.599. The summed E-state index contributed by atoms with van der Waals surface area (Å²) in [5.41, 5.74) is -0.0972. The number of allylic oxidation sites excluding steroid dienone is 2. The smallest absolute Gasteiger partial charge is 0.405 e. The first kappa shape index (κ1) is 17.1. The molecule has 0 saturated heterocycles. The summed E-state index contributed by atoms with van der Waals surface area (Å²) in [5, 5.41) is 12.5. The van der Waals surface area contributed by atoms with E-state index < -0.39 is 6.09 Å². The van der Waals surface area contributed by atoms with E-state index in [4.69, 9.17) is 0 Å². The maximum Gasteiger partial charge on any atom is 0.405 e. The number of hydrogen-bond donors (Lipinski definition) is 2. The van der Waals surface area contributed by atoms with E-state index in [2.05, 4.69) is 17.5 Å². The van der Waals surface area contributed by atoms with Crippen LogP contribution in [0.4, 0.5) is 4.79 Å². The first-order chi connectivity index (χ1) is 12.7. The van der Waals surface area contributed by atoms with Gasteiger partial charge in [-0.1, -0.05) is 25.0 Å². The Morgan fingerprint density at radius 3 is 2.58 bits per heavy atom. The molecule has 0 aliphatic heterocycles. The van der Waals surface area contributed by atoms with Crippen molar-refractivity contribution in [1.29, 1.82) is 0 Å². The van der Waals surface area contributed by atoms with E-state index in [1.807, 2.05) is 0 Å². The van der Waals surface area contributed by atoms with Crippen LogP contribution in [0.15, 0.2) is 12.2 Å². The first-order valence-corrected chi connectivity index (χ1v) is 11.4. The van der Waals surface area contributed by atoms with Gasteiger partial charge in [-0.3, -0.25) is 0 Å². The lowest BCUT2D eigenvalue weighted by atomic mass is 9.47. The molecule has 0 spiro atoms. The molecule has 26 heavy (non-hydrogen) atoms. The summed E-state index contributed by atoms with van der Waals surface area (Å²) in [6.07, 6.45) is 19.8. The van der Waals surface area contributed by atoms with E-state index in [1.165, 1.54) is 64.2 Å². The maximum atomic E-state index is 11.5. The topological polar surface area (TPSA) is 49.3 Å². The summed E-state index contributed by atoms with van der Waals surface area (Å²) in [5.74, 6) is 5.92. The summed E-state index contributed by atoms with van der Waals surface area (Å²) in [6, 6.07) is 0. The van der Waals surface area contributed by atoms with Gasteiger partial charge in [-0.25, -0.2) is 4.79 Å². The Morgan fingerprint density at radius 1 is 0.885 bits per heavy atom.